The Morgan fingerprint density at radius 1 is 1.04 bits per heavy atom. The molecule has 0 atom stereocenters. The molecule has 0 spiro atoms. The minimum Gasteiger partial charge on any atom is -0.324 e. The number of aromatic nitrogens is 3. The Kier molecular flexibility index (Phi) is 5.08. The molecular weight excluding hydrogens is 395 g/mol. The molecule has 1 aromatic heterocycles. The molecule has 0 unspecified atom stereocenters. The fourth-order valence-electron chi connectivity index (χ4n) is 2.30. The summed E-state index contributed by atoms with van der Waals surface area (Å²) in [5.41, 5.74) is -0.822. The summed E-state index contributed by atoms with van der Waals surface area (Å²) in [5.74, 6) is -11.7. The van der Waals surface area contributed by atoms with Gasteiger partial charge < -0.3 is 5.32 Å². The summed E-state index contributed by atoms with van der Waals surface area (Å²) in [5, 5.41) is 6.42. The van der Waals surface area contributed by atoms with Crippen LogP contribution in [-0.2, 0) is 11.2 Å². The van der Waals surface area contributed by atoms with Crippen LogP contribution < -0.4 is 5.32 Å². The molecule has 0 bridgehead atoms. The van der Waals surface area contributed by atoms with Crippen LogP contribution >= 0.6 is 11.6 Å². The summed E-state index contributed by atoms with van der Waals surface area (Å²) in [4.78, 5) is 15.9. The van der Waals surface area contributed by atoms with Crippen molar-refractivity contribution in [1.29, 1.82) is 0 Å². The quantitative estimate of drug-likeness (QED) is 0.410. The van der Waals surface area contributed by atoms with Gasteiger partial charge in [0.05, 0.1) is 17.8 Å². The van der Waals surface area contributed by atoms with Gasteiger partial charge in [-0.05, 0) is 18.2 Å². The second-order valence-corrected chi connectivity index (χ2v) is 5.71. The highest BCUT2D eigenvalue weighted by Gasteiger charge is 2.27. The largest absolute Gasteiger partial charge is 0.324 e. The Bertz CT molecular complexity index is 997. The first kappa shape index (κ1) is 18.8. The van der Waals surface area contributed by atoms with Crippen molar-refractivity contribution in [2.24, 2.45) is 0 Å². The van der Waals surface area contributed by atoms with E-state index in [0.29, 0.717) is 5.69 Å². The van der Waals surface area contributed by atoms with Gasteiger partial charge in [-0.3, -0.25) is 4.79 Å². The number of carbonyl (C=O) groups is 1. The summed E-state index contributed by atoms with van der Waals surface area (Å²) >= 11 is 5.87. The van der Waals surface area contributed by atoms with Gasteiger partial charge in [0.25, 0.3) is 0 Å². The summed E-state index contributed by atoms with van der Waals surface area (Å²) in [6.45, 7) is 0. The number of anilines is 1. The standard InChI is InChI=1S/C16H8ClF5N4O/c17-7-1-2-10(26-6-23-5-24-26)9(3-7)25-11(27)4-8-12(18)14(20)16(22)15(21)13(8)19/h1-3,5-6H,4H2,(H,25,27). The third-order valence-corrected chi connectivity index (χ3v) is 3.77. The lowest BCUT2D eigenvalue weighted by Crippen LogP contribution is -2.19. The van der Waals surface area contributed by atoms with E-state index in [4.69, 9.17) is 11.6 Å². The molecule has 140 valence electrons. The predicted molar refractivity (Wildman–Crippen MR) is 84.9 cm³/mol. The van der Waals surface area contributed by atoms with Crippen LogP contribution in [-0.4, -0.2) is 20.7 Å². The molecule has 5 nitrogen and oxygen atoms in total. The lowest BCUT2D eigenvalue weighted by Gasteiger charge is -2.12. The summed E-state index contributed by atoms with van der Waals surface area (Å²) in [6, 6.07) is 4.32. The molecule has 0 aliphatic heterocycles. The zero-order valence-corrected chi connectivity index (χ0v) is 13.9. The van der Waals surface area contributed by atoms with Crippen LogP contribution in [0.2, 0.25) is 5.02 Å². The smallest absolute Gasteiger partial charge is 0.229 e. The first-order chi connectivity index (χ1) is 12.8. The number of halogens is 6. The number of nitrogens with zero attached hydrogens (tertiary/aromatic N) is 3. The first-order valence-electron chi connectivity index (χ1n) is 7.24. The van der Waals surface area contributed by atoms with Crippen molar-refractivity contribution in [2.45, 2.75) is 6.42 Å². The Balaban J connectivity index is 1.91. The number of rotatable bonds is 4. The zero-order valence-electron chi connectivity index (χ0n) is 13.1. The van der Waals surface area contributed by atoms with Gasteiger partial charge >= 0.3 is 0 Å². The van der Waals surface area contributed by atoms with Gasteiger partial charge in [0.2, 0.25) is 11.7 Å². The van der Waals surface area contributed by atoms with E-state index in [2.05, 4.69) is 15.4 Å². The van der Waals surface area contributed by atoms with Crippen LogP contribution in [0.15, 0.2) is 30.9 Å². The maximum Gasteiger partial charge on any atom is 0.229 e. The van der Waals surface area contributed by atoms with Crippen molar-refractivity contribution in [3.05, 3.63) is 70.5 Å². The summed E-state index contributed by atoms with van der Waals surface area (Å²) in [7, 11) is 0. The molecule has 2 aromatic carbocycles. The van der Waals surface area contributed by atoms with E-state index in [1.54, 1.807) is 0 Å². The molecule has 1 heterocycles. The van der Waals surface area contributed by atoms with Crippen LogP contribution in [0, 0.1) is 29.1 Å². The van der Waals surface area contributed by atoms with Crippen LogP contribution in [0.1, 0.15) is 5.56 Å². The highest BCUT2D eigenvalue weighted by atomic mass is 35.5. The van der Waals surface area contributed by atoms with Crippen molar-refractivity contribution >= 4 is 23.2 Å². The summed E-state index contributed by atoms with van der Waals surface area (Å²) < 4.78 is 68.3. The molecule has 0 saturated heterocycles. The minimum absolute atomic E-state index is 0.0990. The molecular formula is C16H8ClF5N4O. The third-order valence-electron chi connectivity index (χ3n) is 3.54. The molecule has 0 aliphatic rings. The second kappa shape index (κ2) is 7.31. The average molecular weight is 403 g/mol. The first-order valence-corrected chi connectivity index (χ1v) is 7.62. The van der Waals surface area contributed by atoms with Crippen LogP contribution in [0.4, 0.5) is 27.6 Å². The molecule has 0 radical (unpaired) electrons. The highest BCUT2D eigenvalue weighted by molar-refractivity contribution is 6.31. The number of carbonyl (C=O) groups excluding carboxylic acids is 1. The van der Waals surface area contributed by atoms with Crippen LogP contribution in [0.5, 0.6) is 0 Å². The van der Waals surface area contributed by atoms with E-state index in [1.807, 2.05) is 0 Å². The van der Waals surface area contributed by atoms with Crippen LogP contribution in [0.25, 0.3) is 5.69 Å². The number of benzene rings is 2. The SMILES string of the molecule is O=C(Cc1c(F)c(F)c(F)c(F)c1F)Nc1cc(Cl)ccc1-n1cncn1. The fourth-order valence-corrected chi connectivity index (χ4v) is 2.47. The Hall–Kier alpha value is -3.01. The average Bonchev–Trinajstić information content (AvgIpc) is 3.16. The zero-order chi connectivity index (χ0) is 19.7. The summed E-state index contributed by atoms with van der Waals surface area (Å²) in [6.07, 6.45) is 1.47. The number of nitrogens with one attached hydrogen (secondary N) is 1. The van der Waals surface area contributed by atoms with E-state index in [9.17, 15) is 26.7 Å². The minimum atomic E-state index is -2.29. The lowest BCUT2D eigenvalue weighted by molar-refractivity contribution is -0.115. The Morgan fingerprint density at radius 2 is 1.67 bits per heavy atom. The van der Waals surface area contributed by atoms with E-state index < -0.39 is 47.0 Å². The van der Waals surface area contributed by atoms with Gasteiger partial charge in [-0.25, -0.2) is 31.6 Å². The molecule has 11 heteroatoms. The van der Waals surface area contributed by atoms with Crippen LogP contribution in [0.3, 0.4) is 0 Å². The Morgan fingerprint density at radius 3 is 2.26 bits per heavy atom. The molecule has 27 heavy (non-hydrogen) atoms. The molecule has 0 aliphatic carbocycles. The molecule has 0 fully saturated rings. The van der Waals surface area contributed by atoms with Gasteiger partial charge in [-0.1, -0.05) is 11.6 Å². The van der Waals surface area contributed by atoms with Crippen molar-refractivity contribution in [3.63, 3.8) is 0 Å². The third kappa shape index (κ3) is 3.61. The normalized spacial score (nSPS) is 10.9. The fraction of sp³-hybridized carbons (Fsp3) is 0.0625. The van der Waals surface area contributed by atoms with Gasteiger partial charge in [-0.15, -0.1) is 0 Å². The van der Waals surface area contributed by atoms with Crippen molar-refractivity contribution < 1.29 is 26.7 Å². The maximum absolute atomic E-state index is 13.7. The molecule has 1 amide bonds. The van der Waals surface area contributed by atoms with E-state index in [0.717, 1.165) is 0 Å². The second-order valence-electron chi connectivity index (χ2n) is 5.27. The number of hydrogen-bond acceptors (Lipinski definition) is 3. The van der Waals surface area contributed by atoms with Crippen molar-refractivity contribution in [1.82, 2.24) is 14.8 Å². The lowest BCUT2D eigenvalue weighted by atomic mass is 10.1. The molecule has 3 aromatic rings. The molecule has 0 saturated carbocycles. The van der Waals surface area contributed by atoms with E-state index in [1.165, 1.54) is 35.5 Å². The van der Waals surface area contributed by atoms with Gasteiger partial charge in [0.1, 0.15) is 12.7 Å². The van der Waals surface area contributed by atoms with E-state index in [-0.39, 0.29) is 10.7 Å². The van der Waals surface area contributed by atoms with Gasteiger partial charge in [0.15, 0.2) is 23.3 Å². The maximum atomic E-state index is 13.7. The monoisotopic (exact) mass is 402 g/mol. The van der Waals surface area contributed by atoms with Gasteiger partial charge in [-0.2, -0.15) is 5.10 Å². The van der Waals surface area contributed by atoms with Gasteiger partial charge in [0, 0.05) is 10.6 Å². The van der Waals surface area contributed by atoms with Crippen molar-refractivity contribution in [3.8, 4) is 5.69 Å². The van der Waals surface area contributed by atoms with E-state index >= 15 is 0 Å². The van der Waals surface area contributed by atoms with Crippen molar-refractivity contribution in [2.75, 3.05) is 5.32 Å². The Labute approximate surface area is 153 Å². The topological polar surface area (TPSA) is 59.8 Å². The number of amides is 1. The molecule has 1 N–H and O–H groups in total. The number of hydrogen-bond donors (Lipinski definition) is 1. The highest BCUT2D eigenvalue weighted by Crippen LogP contribution is 2.26. The molecule has 3 rings (SSSR count). The predicted octanol–water partition coefficient (Wildman–Crippen LogP) is 3.80.